The Bertz CT molecular complexity index is 129. The Morgan fingerprint density at radius 3 is 2.55 bits per heavy atom. The Labute approximate surface area is 66.4 Å². The highest BCUT2D eigenvalue weighted by Gasteiger charge is 1.93. The van der Waals surface area contributed by atoms with Crippen molar-refractivity contribution in [3.8, 4) is 0 Å². The van der Waals surface area contributed by atoms with Gasteiger partial charge < -0.3 is 10.2 Å². The molecular weight excluding hydrogens is 144 g/mol. The smallest absolute Gasteiger partial charge is 0.303 e. The van der Waals surface area contributed by atoms with Crippen molar-refractivity contribution < 1.29 is 15.0 Å². The van der Waals surface area contributed by atoms with Crippen LogP contribution in [-0.2, 0) is 4.79 Å². The molecule has 0 aromatic heterocycles. The maximum Gasteiger partial charge on any atom is 0.303 e. The molecule has 0 aliphatic rings. The summed E-state index contributed by atoms with van der Waals surface area (Å²) in [5.41, 5.74) is 0. The number of unbranched alkanes of at least 4 members (excludes halogenated alkanes) is 2. The van der Waals surface area contributed by atoms with Gasteiger partial charge in [-0.25, -0.2) is 0 Å². The minimum atomic E-state index is -0.740. The number of aliphatic hydroxyl groups is 1. The predicted octanol–water partition coefficient (Wildman–Crippen LogP) is 1.18. The summed E-state index contributed by atoms with van der Waals surface area (Å²) in [6.07, 6.45) is 6.22. The molecule has 0 aliphatic carbocycles. The molecule has 0 aromatic carbocycles. The van der Waals surface area contributed by atoms with Crippen molar-refractivity contribution in [2.45, 2.75) is 25.7 Å². The molecule has 0 radical (unpaired) electrons. The van der Waals surface area contributed by atoms with Gasteiger partial charge in [-0.15, -0.1) is 0 Å². The highest BCUT2D eigenvalue weighted by molar-refractivity contribution is 5.66. The van der Waals surface area contributed by atoms with E-state index in [2.05, 4.69) is 0 Å². The van der Waals surface area contributed by atoms with Crippen LogP contribution in [-0.4, -0.2) is 22.8 Å². The third-order valence-corrected chi connectivity index (χ3v) is 1.28. The molecule has 0 aromatic rings. The maximum atomic E-state index is 10.0. The molecule has 0 heterocycles. The summed E-state index contributed by atoms with van der Waals surface area (Å²) < 4.78 is 0. The molecule has 0 atom stereocenters. The number of rotatable bonds is 6. The molecule has 0 saturated heterocycles. The lowest BCUT2D eigenvalue weighted by atomic mass is 10.2. The van der Waals surface area contributed by atoms with E-state index in [1.165, 1.54) is 0 Å². The standard InChI is InChI=1S/C8H14O3/c9-7-5-3-1-2-4-6-8(10)11/h3,5,9H,1-2,4,6-7H2,(H,10,11). The summed E-state index contributed by atoms with van der Waals surface area (Å²) in [4.78, 5) is 10.0. The number of carboxylic acids is 1. The van der Waals surface area contributed by atoms with E-state index in [1.54, 1.807) is 6.08 Å². The first-order valence-electron chi connectivity index (χ1n) is 3.75. The molecule has 11 heavy (non-hydrogen) atoms. The molecule has 3 heteroatoms. The van der Waals surface area contributed by atoms with E-state index in [0.29, 0.717) is 6.42 Å². The van der Waals surface area contributed by atoms with Gasteiger partial charge in [-0.05, 0) is 19.3 Å². The van der Waals surface area contributed by atoms with Gasteiger partial charge in [-0.1, -0.05) is 12.2 Å². The SMILES string of the molecule is O=C(O)CCCCC=CCO. The van der Waals surface area contributed by atoms with Gasteiger partial charge in [0, 0.05) is 6.42 Å². The summed E-state index contributed by atoms with van der Waals surface area (Å²) in [5.74, 6) is -0.740. The molecule has 0 amide bonds. The van der Waals surface area contributed by atoms with Crippen LogP contribution in [0.1, 0.15) is 25.7 Å². The Morgan fingerprint density at radius 2 is 2.00 bits per heavy atom. The third-order valence-electron chi connectivity index (χ3n) is 1.28. The van der Waals surface area contributed by atoms with Gasteiger partial charge in [0.25, 0.3) is 0 Å². The Kier molecular flexibility index (Phi) is 6.73. The van der Waals surface area contributed by atoms with E-state index in [1.807, 2.05) is 6.08 Å². The molecule has 64 valence electrons. The minimum Gasteiger partial charge on any atom is -0.481 e. The highest BCUT2D eigenvalue weighted by atomic mass is 16.4. The van der Waals surface area contributed by atoms with Crippen LogP contribution >= 0.6 is 0 Å². The number of hydrogen-bond acceptors (Lipinski definition) is 2. The van der Waals surface area contributed by atoms with E-state index < -0.39 is 5.97 Å². The summed E-state index contributed by atoms with van der Waals surface area (Å²) in [7, 11) is 0. The van der Waals surface area contributed by atoms with Gasteiger partial charge in [0.15, 0.2) is 0 Å². The number of carbonyl (C=O) groups is 1. The van der Waals surface area contributed by atoms with Crippen molar-refractivity contribution in [2.24, 2.45) is 0 Å². The van der Waals surface area contributed by atoms with Gasteiger partial charge in [-0.3, -0.25) is 4.79 Å². The first kappa shape index (κ1) is 10.2. The largest absolute Gasteiger partial charge is 0.481 e. The number of aliphatic carboxylic acids is 1. The van der Waals surface area contributed by atoms with Crippen molar-refractivity contribution in [3.05, 3.63) is 12.2 Å². The number of aliphatic hydroxyl groups excluding tert-OH is 1. The van der Waals surface area contributed by atoms with Gasteiger partial charge in [0.2, 0.25) is 0 Å². The summed E-state index contributed by atoms with van der Waals surface area (Å²) in [5, 5.41) is 16.6. The van der Waals surface area contributed by atoms with E-state index in [4.69, 9.17) is 10.2 Å². The Hall–Kier alpha value is -0.830. The minimum absolute atomic E-state index is 0.0684. The van der Waals surface area contributed by atoms with Crippen molar-refractivity contribution in [2.75, 3.05) is 6.61 Å². The molecular formula is C8H14O3. The molecule has 0 spiro atoms. The molecule has 0 unspecified atom stereocenters. The predicted molar refractivity (Wildman–Crippen MR) is 42.3 cm³/mol. The van der Waals surface area contributed by atoms with Gasteiger partial charge >= 0.3 is 5.97 Å². The van der Waals surface area contributed by atoms with E-state index in [9.17, 15) is 4.79 Å². The molecule has 0 aliphatic heterocycles. The lowest BCUT2D eigenvalue weighted by Gasteiger charge is -1.92. The normalized spacial score (nSPS) is 10.6. The van der Waals surface area contributed by atoms with Gasteiger partial charge in [0.1, 0.15) is 0 Å². The topological polar surface area (TPSA) is 57.5 Å². The van der Waals surface area contributed by atoms with Crippen LogP contribution in [0.5, 0.6) is 0 Å². The zero-order chi connectivity index (χ0) is 8.53. The molecule has 3 nitrogen and oxygen atoms in total. The van der Waals surface area contributed by atoms with E-state index >= 15 is 0 Å². The van der Waals surface area contributed by atoms with Crippen LogP contribution in [0.2, 0.25) is 0 Å². The average molecular weight is 158 g/mol. The van der Waals surface area contributed by atoms with Crippen LogP contribution in [0.25, 0.3) is 0 Å². The molecule has 0 rings (SSSR count). The van der Waals surface area contributed by atoms with Crippen LogP contribution in [0, 0.1) is 0 Å². The first-order valence-corrected chi connectivity index (χ1v) is 3.75. The molecule has 0 saturated carbocycles. The number of allylic oxidation sites excluding steroid dienone is 1. The highest BCUT2D eigenvalue weighted by Crippen LogP contribution is 1.99. The Balaban J connectivity index is 3.02. The zero-order valence-corrected chi connectivity index (χ0v) is 6.49. The van der Waals surface area contributed by atoms with Crippen molar-refractivity contribution in [1.29, 1.82) is 0 Å². The lowest BCUT2D eigenvalue weighted by molar-refractivity contribution is -0.137. The average Bonchev–Trinajstić information content (AvgIpc) is 1.96. The molecule has 2 N–H and O–H groups in total. The van der Waals surface area contributed by atoms with E-state index in [0.717, 1.165) is 12.8 Å². The van der Waals surface area contributed by atoms with Crippen LogP contribution in [0.4, 0.5) is 0 Å². The van der Waals surface area contributed by atoms with Crippen LogP contribution < -0.4 is 0 Å². The van der Waals surface area contributed by atoms with Crippen LogP contribution in [0.3, 0.4) is 0 Å². The van der Waals surface area contributed by atoms with Crippen molar-refractivity contribution in [1.82, 2.24) is 0 Å². The molecule has 0 bridgehead atoms. The monoisotopic (exact) mass is 158 g/mol. The van der Waals surface area contributed by atoms with E-state index in [-0.39, 0.29) is 13.0 Å². The fourth-order valence-corrected chi connectivity index (χ4v) is 0.731. The van der Waals surface area contributed by atoms with Crippen molar-refractivity contribution >= 4 is 5.97 Å². The lowest BCUT2D eigenvalue weighted by Crippen LogP contribution is -1.92. The number of carboxylic acid groups (broad SMARTS) is 1. The summed E-state index contributed by atoms with van der Waals surface area (Å²) in [6, 6.07) is 0. The maximum absolute atomic E-state index is 10.0. The number of hydrogen-bond donors (Lipinski definition) is 2. The Morgan fingerprint density at radius 1 is 1.27 bits per heavy atom. The summed E-state index contributed by atoms with van der Waals surface area (Å²) >= 11 is 0. The second-order valence-electron chi connectivity index (χ2n) is 2.29. The second-order valence-corrected chi connectivity index (χ2v) is 2.29. The van der Waals surface area contributed by atoms with Crippen LogP contribution in [0.15, 0.2) is 12.2 Å². The van der Waals surface area contributed by atoms with Gasteiger partial charge in [0.05, 0.1) is 6.61 Å². The van der Waals surface area contributed by atoms with Gasteiger partial charge in [-0.2, -0.15) is 0 Å². The second kappa shape index (κ2) is 7.28. The third kappa shape index (κ3) is 9.17. The first-order chi connectivity index (χ1) is 5.27. The van der Waals surface area contributed by atoms with Crippen molar-refractivity contribution in [3.63, 3.8) is 0 Å². The molecule has 0 fully saturated rings. The summed E-state index contributed by atoms with van der Waals surface area (Å²) in [6.45, 7) is 0.0684. The quantitative estimate of drug-likeness (QED) is 0.450. The fourth-order valence-electron chi connectivity index (χ4n) is 0.731. The zero-order valence-electron chi connectivity index (χ0n) is 6.49. The fraction of sp³-hybridized carbons (Fsp3) is 0.625.